The van der Waals surface area contributed by atoms with E-state index in [0.717, 1.165) is 7.11 Å². The number of halogens is 5. The van der Waals surface area contributed by atoms with Gasteiger partial charge in [-0.3, -0.25) is 0 Å². The van der Waals surface area contributed by atoms with Crippen LogP contribution in [0.5, 0.6) is 0 Å². The molecule has 1 heterocycles. The van der Waals surface area contributed by atoms with Crippen molar-refractivity contribution in [1.82, 2.24) is 4.98 Å². The topological polar surface area (TPSA) is 63.0 Å². The molecule has 4 nitrogen and oxygen atoms in total. The fourth-order valence-corrected chi connectivity index (χ4v) is 1.26. The Labute approximate surface area is 103 Å². The van der Waals surface area contributed by atoms with Crippen molar-refractivity contribution in [3.8, 4) is 6.07 Å². The van der Waals surface area contributed by atoms with E-state index < -0.39 is 41.1 Å². The monoisotopic (exact) mass is 280 g/mol. The predicted octanol–water partition coefficient (Wildman–Crippen LogP) is 2.70. The standard InChI is InChI=1S/C10H5F5N2O2/c1-19-9(18)4-2-6(10(13,14)15)17-7(8(11)12)5(4)3-16/h2,8H,1H3. The van der Waals surface area contributed by atoms with Crippen LogP contribution in [0.1, 0.15) is 33.7 Å². The lowest BCUT2D eigenvalue weighted by Crippen LogP contribution is -2.16. The average Bonchev–Trinajstić information content (AvgIpc) is 2.34. The second kappa shape index (κ2) is 5.17. The van der Waals surface area contributed by atoms with Crippen molar-refractivity contribution in [3.63, 3.8) is 0 Å². The van der Waals surface area contributed by atoms with Gasteiger partial charge in [0.25, 0.3) is 6.43 Å². The molecule has 0 aliphatic heterocycles. The van der Waals surface area contributed by atoms with Crippen LogP contribution in [0.4, 0.5) is 22.0 Å². The molecule has 19 heavy (non-hydrogen) atoms. The Bertz CT molecular complexity index is 548. The maximum Gasteiger partial charge on any atom is 0.433 e. The van der Waals surface area contributed by atoms with Crippen molar-refractivity contribution >= 4 is 5.97 Å². The number of ether oxygens (including phenoxy) is 1. The molecule has 0 saturated heterocycles. The predicted molar refractivity (Wildman–Crippen MR) is 50.3 cm³/mol. The number of esters is 1. The Morgan fingerprint density at radius 1 is 1.47 bits per heavy atom. The first kappa shape index (κ1) is 14.8. The summed E-state index contributed by atoms with van der Waals surface area (Å²) in [7, 11) is 0.846. The second-order valence-electron chi connectivity index (χ2n) is 3.22. The summed E-state index contributed by atoms with van der Waals surface area (Å²) in [5, 5.41) is 8.67. The van der Waals surface area contributed by atoms with Crippen molar-refractivity contribution in [2.45, 2.75) is 12.6 Å². The van der Waals surface area contributed by atoms with Crippen LogP contribution in [0.3, 0.4) is 0 Å². The summed E-state index contributed by atoms with van der Waals surface area (Å²) in [6.07, 6.45) is -8.46. The van der Waals surface area contributed by atoms with E-state index in [4.69, 9.17) is 5.26 Å². The third-order valence-electron chi connectivity index (χ3n) is 2.06. The van der Waals surface area contributed by atoms with E-state index in [1.54, 1.807) is 0 Å². The highest BCUT2D eigenvalue weighted by Crippen LogP contribution is 2.32. The van der Waals surface area contributed by atoms with E-state index >= 15 is 0 Å². The molecule has 102 valence electrons. The Morgan fingerprint density at radius 2 is 2.05 bits per heavy atom. The third-order valence-corrected chi connectivity index (χ3v) is 2.06. The van der Waals surface area contributed by atoms with Gasteiger partial charge >= 0.3 is 12.1 Å². The number of rotatable bonds is 2. The van der Waals surface area contributed by atoms with Gasteiger partial charge in [0.2, 0.25) is 0 Å². The maximum atomic E-state index is 12.6. The van der Waals surface area contributed by atoms with Gasteiger partial charge in [-0.05, 0) is 6.07 Å². The third kappa shape index (κ3) is 2.96. The van der Waals surface area contributed by atoms with Gasteiger partial charge in [-0.2, -0.15) is 18.4 Å². The largest absolute Gasteiger partial charge is 0.465 e. The fourth-order valence-electron chi connectivity index (χ4n) is 1.26. The Morgan fingerprint density at radius 3 is 2.42 bits per heavy atom. The summed E-state index contributed by atoms with van der Waals surface area (Å²) < 4.78 is 66.8. The molecule has 0 radical (unpaired) electrons. The van der Waals surface area contributed by atoms with Crippen LogP contribution >= 0.6 is 0 Å². The number of methoxy groups -OCH3 is 1. The van der Waals surface area contributed by atoms with E-state index in [-0.39, 0.29) is 6.07 Å². The zero-order valence-electron chi connectivity index (χ0n) is 9.26. The Kier molecular flexibility index (Phi) is 4.04. The van der Waals surface area contributed by atoms with E-state index in [1.807, 2.05) is 0 Å². The number of hydrogen-bond donors (Lipinski definition) is 0. The summed E-state index contributed by atoms with van der Waals surface area (Å²) in [6, 6.07) is 1.43. The summed E-state index contributed by atoms with van der Waals surface area (Å²) in [4.78, 5) is 13.9. The molecular formula is C10H5F5N2O2. The number of nitrogens with zero attached hydrogens (tertiary/aromatic N) is 2. The zero-order chi connectivity index (χ0) is 14.8. The number of aromatic nitrogens is 1. The van der Waals surface area contributed by atoms with Crippen LogP contribution < -0.4 is 0 Å². The first-order valence-electron chi connectivity index (χ1n) is 4.61. The highest BCUT2D eigenvalue weighted by Gasteiger charge is 2.36. The zero-order valence-corrected chi connectivity index (χ0v) is 9.26. The molecule has 0 aliphatic rings. The van der Waals surface area contributed by atoms with Crippen LogP contribution in [0, 0.1) is 11.3 Å². The van der Waals surface area contributed by atoms with Gasteiger partial charge in [-0.25, -0.2) is 18.6 Å². The quantitative estimate of drug-likeness (QED) is 0.617. The lowest BCUT2D eigenvalue weighted by molar-refractivity contribution is -0.141. The Hall–Kier alpha value is -2.24. The number of carbonyl (C=O) groups excluding carboxylic acids is 1. The van der Waals surface area contributed by atoms with Crippen LogP contribution in [0.25, 0.3) is 0 Å². The van der Waals surface area contributed by atoms with Crippen molar-refractivity contribution in [3.05, 3.63) is 28.6 Å². The van der Waals surface area contributed by atoms with Gasteiger partial charge in [-0.1, -0.05) is 0 Å². The molecule has 0 spiro atoms. The van der Waals surface area contributed by atoms with E-state index in [1.165, 1.54) is 6.07 Å². The maximum absolute atomic E-state index is 12.6. The molecule has 9 heteroatoms. The lowest BCUT2D eigenvalue weighted by Gasteiger charge is -2.12. The molecule has 0 fully saturated rings. The summed E-state index contributed by atoms with van der Waals surface area (Å²) in [6.45, 7) is 0. The van der Waals surface area contributed by atoms with Crippen LogP contribution in [-0.2, 0) is 10.9 Å². The molecule has 1 aromatic heterocycles. The minimum atomic E-state index is -5.03. The number of nitriles is 1. The van der Waals surface area contributed by atoms with Gasteiger partial charge in [0.1, 0.15) is 17.5 Å². The van der Waals surface area contributed by atoms with E-state index in [0.29, 0.717) is 0 Å². The van der Waals surface area contributed by atoms with Crippen LogP contribution in [0.15, 0.2) is 6.07 Å². The molecule has 0 N–H and O–H groups in total. The van der Waals surface area contributed by atoms with Gasteiger partial charge in [-0.15, -0.1) is 0 Å². The van der Waals surface area contributed by atoms with Crippen molar-refractivity contribution in [1.29, 1.82) is 5.26 Å². The van der Waals surface area contributed by atoms with Crippen LogP contribution in [0.2, 0.25) is 0 Å². The van der Waals surface area contributed by atoms with Crippen molar-refractivity contribution < 1.29 is 31.5 Å². The smallest absolute Gasteiger partial charge is 0.433 e. The molecule has 0 bridgehead atoms. The van der Waals surface area contributed by atoms with Crippen molar-refractivity contribution in [2.75, 3.05) is 7.11 Å². The summed E-state index contributed by atoms with van der Waals surface area (Å²) in [5.41, 5.74) is -4.93. The highest BCUT2D eigenvalue weighted by atomic mass is 19.4. The molecule has 1 rings (SSSR count). The van der Waals surface area contributed by atoms with E-state index in [2.05, 4.69) is 9.72 Å². The van der Waals surface area contributed by atoms with E-state index in [9.17, 15) is 26.7 Å². The lowest BCUT2D eigenvalue weighted by atomic mass is 10.1. The van der Waals surface area contributed by atoms with Crippen molar-refractivity contribution in [2.24, 2.45) is 0 Å². The molecule has 0 unspecified atom stereocenters. The average molecular weight is 280 g/mol. The minimum absolute atomic E-state index is 0.205. The molecule has 0 aliphatic carbocycles. The minimum Gasteiger partial charge on any atom is -0.465 e. The normalized spacial score (nSPS) is 11.3. The van der Waals surface area contributed by atoms with Gasteiger partial charge in [0, 0.05) is 0 Å². The van der Waals surface area contributed by atoms with Gasteiger partial charge in [0.05, 0.1) is 18.2 Å². The molecule has 0 aromatic carbocycles. The van der Waals surface area contributed by atoms with Gasteiger partial charge in [0.15, 0.2) is 0 Å². The summed E-state index contributed by atoms with van der Waals surface area (Å²) >= 11 is 0. The fraction of sp³-hybridized carbons (Fsp3) is 0.300. The highest BCUT2D eigenvalue weighted by molar-refractivity contribution is 5.92. The second-order valence-corrected chi connectivity index (χ2v) is 3.22. The number of alkyl halides is 5. The molecule has 0 amide bonds. The SMILES string of the molecule is COC(=O)c1cc(C(F)(F)F)nc(C(F)F)c1C#N. The molecular weight excluding hydrogens is 275 g/mol. The first-order valence-corrected chi connectivity index (χ1v) is 4.61. The number of carbonyl (C=O) groups is 1. The molecule has 0 atom stereocenters. The van der Waals surface area contributed by atoms with Gasteiger partial charge < -0.3 is 4.74 Å². The first-order chi connectivity index (χ1) is 8.72. The number of pyridine rings is 1. The molecule has 0 saturated carbocycles. The molecule has 1 aromatic rings. The Balaban J connectivity index is 3.65. The van der Waals surface area contributed by atoms with Crippen LogP contribution in [-0.4, -0.2) is 18.1 Å². The number of hydrogen-bond acceptors (Lipinski definition) is 4. The summed E-state index contributed by atoms with van der Waals surface area (Å²) in [5.74, 6) is -1.33.